The summed E-state index contributed by atoms with van der Waals surface area (Å²) in [4.78, 5) is 48.4. The van der Waals surface area contributed by atoms with Gasteiger partial charge >= 0.3 is 25.7 Å². The van der Waals surface area contributed by atoms with Crippen LogP contribution in [0.2, 0.25) is 0 Å². The highest BCUT2D eigenvalue weighted by Crippen LogP contribution is 2.43. The Morgan fingerprint density at radius 2 is 0.700 bits per heavy atom. The predicted molar refractivity (Wildman–Crippen MR) is 289 cm³/mol. The summed E-state index contributed by atoms with van der Waals surface area (Å²) in [6.07, 6.45) is 53.9. The summed E-state index contributed by atoms with van der Waals surface area (Å²) in [5.74, 6) is -1.46. The van der Waals surface area contributed by atoms with Crippen LogP contribution in [-0.4, -0.2) is 66.5 Å². The number of aliphatic hydroxyl groups excluding tert-OH is 1. The van der Waals surface area contributed by atoms with Crippen molar-refractivity contribution in [1.82, 2.24) is 0 Å². The molecule has 11 nitrogen and oxygen atoms in total. The van der Waals surface area contributed by atoms with Crippen molar-refractivity contribution in [2.45, 2.75) is 290 Å². The monoisotopic (exact) mass is 1010 g/mol. The highest BCUT2D eigenvalue weighted by molar-refractivity contribution is 7.47. The molecule has 3 atom stereocenters. The number of phosphoric ester groups is 1. The molecule has 2 N–H and O–H groups in total. The summed E-state index contributed by atoms with van der Waals surface area (Å²) >= 11 is 0. The van der Waals surface area contributed by atoms with Gasteiger partial charge < -0.3 is 24.2 Å². The summed E-state index contributed by atoms with van der Waals surface area (Å²) in [7, 11) is -4.74. The zero-order valence-corrected chi connectivity index (χ0v) is 46.1. The smallest absolute Gasteiger partial charge is 0.462 e. The van der Waals surface area contributed by atoms with Gasteiger partial charge in [0.05, 0.1) is 19.8 Å². The van der Waals surface area contributed by atoms with Crippen LogP contribution in [0, 0.1) is 0 Å². The number of esters is 3. The van der Waals surface area contributed by atoms with E-state index in [2.05, 4.69) is 57.2 Å². The number of allylic oxidation sites excluding steroid dienone is 6. The Morgan fingerprint density at radius 1 is 0.400 bits per heavy atom. The van der Waals surface area contributed by atoms with Gasteiger partial charge in [-0.2, -0.15) is 0 Å². The van der Waals surface area contributed by atoms with Crippen LogP contribution in [0.4, 0.5) is 0 Å². The molecular weight excluding hydrogens is 904 g/mol. The van der Waals surface area contributed by atoms with E-state index in [0.29, 0.717) is 19.3 Å². The van der Waals surface area contributed by atoms with Crippen LogP contribution in [0.15, 0.2) is 36.5 Å². The van der Waals surface area contributed by atoms with Gasteiger partial charge in [-0.15, -0.1) is 0 Å². The van der Waals surface area contributed by atoms with Crippen molar-refractivity contribution in [1.29, 1.82) is 0 Å². The van der Waals surface area contributed by atoms with E-state index in [1.165, 1.54) is 141 Å². The van der Waals surface area contributed by atoms with Crippen LogP contribution in [0.5, 0.6) is 0 Å². The van der Waals surface area contributed by atoms with Crippen molar-refractivity contribution < 1.29 is 52.2 Å². The molecule has 0 aromatic carbocycles. The Bertz CT molecular complexity index is 1320. The molecule has 0 saturated carbocycles. The van der Waals surface area contributed by atoms with Gasteiger partial charge in [0.15, 0.2) is 6.10 Å². The third-order valence-electron chi connectivity index (χ3n) is 12.5. The molecule has 0 bridgehead atoms. The van der Waals surface area contributed by atoms with Crippen molar-refractivity contribution >= 4 is 25.7 Å². The Hall–Kier alpha value is -2.30. The van der Waals surface area contributed by atoms with Gasteiger partial charge in [0.1, 0.15) is 12.7 Å². The first-order valence-electron chi connectivity index (χ1n) is 28.9. The van der Waals surface area contributed by atoms with Crippen LogP contribution in [-0.2, 0) is 42.2 Å². The second-order valence-electron chi connectivity index (χ2n) is 19.5. The van der Waals surface area contributed by atoms with Crippen LogP contribution in [0.25, 0.3) is 0 Å². The van der Waals surface area contributed by atoms with Crippen molar-refractivity contribution in [3.8, 4) is 0 Å². The van der Waals surface area contributed by atoms with Crippen molar-refractivity contribution in [2.75, 3.05) is 26.4 Å². The summed E-state index contributed by atoms with van der Waals surface area (Å²) < 4.78 is 39.4. The van der Waals surface area contributed by atoms with Gasteiger partial charge in [0.25, 0.3) is 0 Å². The molecule has 0 aromatic heterocycles. The zero-order valence-electron chi connectivity index (χ0n) is 45.2. The fourth-order valence-corrected chi connectivity index (χ4v) is 8.87. The molecule has 0 radical (unpaired) electrons. The van der Waals surface area contributed by atoms with Gasteiger partial charge in [0, 0.05) is 19.3 Å². The Labute approximate surface area is 429 Å². The van der Waals surface area contributed by atoms with Crippen LogP contribution < -0.4 is 0 Å². The third-order valence-corrected chi connectivity index (χ3v) is 13.5. The van der Waals surface area contributed by atoms with E-state index in [0.717, 1.165) is 77.0 Å². The highest BCUT2D eigenvalue weighted by atomic mass is 31.2. The molecule has 0 rings (SSSR count). The van der Waals surface area contributed by atoms with E-state index >= 15 is 0 Å². The molecule has 12 heteroatoms. The molecule has 70 heavy (non-hydrogen) atoms. The summed E-state index contributed by atoms with van der Waals surface area (Å²) in [6, 6.07) is 0. The number of unbranched alkanes of at least 4 members (excludes halogenated alkanes) is 31. The zero-order chi connectivity index (χ0) is 51.3. The van der Waals surface area contributed by atoms with Crippen LogP contribution in [0.1, 0.15) is 278 Å². The van der Waals surface area contributed by atoms with Gasteiger partial charge in [-0.3, -0.25) is 23.4 Å². The van der Waals surface area contributed by atoms with E-state index < -0.39 is 57.8 Å². The topological polar surface area (TPSA) is 155 Å². The molecule has 0 amide bonds. The molecule has 0 aromatic rings. The molecule has 0 aliphatic carbocycles. The van der Waals surface area contributed by atoms with E-state index in [4.69, 9.17) is 23.3 Å². The van der Waals surface area contributed by atoms with Crippen LogP contribution >= 0.6 is 7.82 Å². The molecule has 410 valence electrons. The highest BCUT2D eigenvalue weighted by Gasteiger charge is 2.28. The standard InChI is InChI=1S/C58H107O11P/c1-4-7-10-13-16-19-21-23-25-27-29-31-33-36-38-41-44-47-56(60)65-51-55(69-58(62)49-46-43-40-37-34-32-30-28-26-24-22-20-17-14-11-8-5-2)53-67-70(63,64)66-52-54(50-59)68-57(61)48-45-42-39-35-18-15-12-9-6-3/h16,19,23-26,54-55,59H,4-15,17-18,20-22,27-53H2,1-3H3,(H,63,64)/b19-16-,25-23-,26-24-. The Balaban J connectivity index is 4.71. The number of phosphoric acid groups is 1. The summed E-state index contributed by atoms with van der Waals surface area (Å²) in [5, 5.41) is 9.77. The number of carbonyl (C=O) groups excluding carboxylic acids is 3. The van der Waals surface area contributed by atoms with Gasteiger partial charge in [0.2, 0.25) is 0 Å². The third kappa shape index (κ3) is 50.6. The molecule has 0 heterocycles. The fourth-order valence-electron chi connectivity index (χ4n) is 8.09. The minimum Gasteiger partial charge on any atom is -0.462 e. The second-order valence-corrected chi connectivity index (χ2v) is 20.9. The number of rotatable bonds is 54. The van der Waals surface area contributed by atoms with E-state index in [1.54, 1.807) is 0 Å². The quantitative estimate of drug-likeness (QED) is 0.0197. The van der Waals surface area contributed by atoms with Crippen molar-refractivity contribution in [2.24, 2.45) is 0 Å². The summed E-state index contributed by atoms with van der Waals surface area (Å²) in [6.45, 7) is 4.61. The first-order valence-corrected chi connectivity index (χ1v) is 30.4. The number of hydrogen-bond acceptors (Lipinski definition) is 10. The molecule has 0 fully saturated rings. The lowest BCUT2D eigenvalue weighted by Crippen LogP contribution is -2.30. The molecular formula is C58H107O11P. The number of carbonyl (C=O) groups is 3. The minimum atomic E-state index is -4.74. The maximum absolute atomic E-state index is 12.9. The Kier molecular flexibility index (Phi) is 51.3. The van der Waals surface area contributed by atoms with E-state index in [-0.39, 0.29) is 25.9 Å². The first-order chi connectivity index (χ1) is 34.2. The molecule has 0 aliphatic rings. The fraction of sp³-hybridized carbons (Fsp3) is 0.845. The summed E-state index contributed by atoms with van der Waals surface area (Å²) in [5.41, 5.74) is 0. The Morgan fingerprint density at radius 3 is 1.10 bits per heavy atom. The largest absolute Gasteiger partial charge is 0.472 e. The lowest BCUT2D eigenvalue weighted by molar-refractivity contribution is -0.161. The van der Waals surface area contributed by atoms with Gasteiger partial charge in [-0.25, -0.2) is 4.57 Å². The number of hydrogen-bond donors (Lipinski definition) is 2. The van der Waals surface area contributed by atoms with E-state index in [1.807, 2.05) is 0 Å². The molecule has 3 unspecified atom stereocenters. The average Bonchev–Trinajstić information content (AvgIpc) is 3.35. The number of aliphatic hydroxyl groups is 1. The van der Waals surface area contributed by atoms with Crippen molar-refractivity contribution in [3.63, 3.8) is 0 Å². The SMILES string of the molecule is CCCCC/C=C\C/C=C\CCCCCCCCCC(=O)OCC(COP(=O)(O)OCC(CO)OC(=O)CCCCCCCCCCC)OC(=O)CCCCCCCCC/C=C\CCCCCCCC. The van der Waals surface area contributed by atoms with Crippen LogP contribution in [0.3, 0.4) is 0 Å². The lowest BCUT2D eigenvalue weighted by Gasteiger charge is -2.21. The lowest BCUT2D eigenvalue weighted by atomic mass is 10.1. The molecule has 0 aliphatic heterocycles. The molecule has 0 saturated heterocycles. The maximum atomic E-state index is 12.9. The number of ether oxygens (including phenoxy) is 3. The predicted octanol–water partition coefficient (Wildman–Crippen LogP) is 16.8. The second kappa shape index (κ2) is 53.0. The minimum absolute atomic E-state index is 0.164. The van der Waals surface area contributed by atoms with E-state index in [9.17, 15) is 28.9 Å². The van der Waals surface area contributed by atoms with Gasteiger partial charge in [-0.1, -0.05) is 218 Å². The first kappa shape index (κ1) is 67.7. The normalized spacial score (nSPS) is 13.6. The van der Waals surface area contributed by atoms with Crippen molar-refractivity contribution in [3.05, 3.63) is 36.5 Å². The average molecular weight is 1010 g/mol. The maximum Gasteiger partial charge on any atom is 0.472 e. The molecule has 0 spiro atoms. The van der Waals surface area contributed by atoms with Gasteiger partial charge in [-0.05, 0) is 77.0 Å².